The van der Waals surface area contributed by atoms with E-state index in [2.05, 4.69) is 5.10 Å². The van der Waals surface area contributed by atoms with E-state index in [1.807, 2.05) is 36.5 Å². The maximum atomic E-state index is 12.6. The molecule has 0 aliphatic rings. The van der Waals surface area contributed by atoms with Crippen molar-refractivity contribution in [2.45, 2.75) is 13.5 Å². The lowest BCUT2D eigenvalue weighted by Crippen LogP contribution is -2.26. The average molecular weight is 350 g/mol. The number of amides is 1. The molecule has 0 bridgehead atoms. The Morgan fingerprint density at radius 1 is 1.23 bits per heavy atom. The molecule has 0 saturated carbocycles. The summed E-state index contributed by atoms with van der Waals surface area (Å²) in [6, 6.07) is 14.2. The molecular formula is C19H18N4O3. The van der Waals surface area contributed by atoms with Gasteiger partial charge in [-0.05, 0) is 25.1 Å². The summed E-state index contributed by atoms with van der Waals surface area (Å²) in [5.74, 6) is -0.277. The molecule has 0 radical (unpaired) electrons. The van der Waals surface area contributed by atoms with Gasteiger partial charge in [-0.15, -0.1) is 0 Å². The van der Waals surface area contributed by atoms with Crippen LogP contribution in [0.15, 0.2) is 60.9 Å². The number of hydrogen-bond acceptors (Lipinski definition) is 4. The fourth-order valence-corrected chi connectivity index (χ4v) is 2.67. The predicted octanol–water partition coefficient (Wildman–Crippen LogP) is 3.36. The number of rotatable bonds is 5. The molecule has 0 aliphatic carbocycles. The molecule has 1 aromatic heterocycles. The summed E-state index contributed by atoms with van der Waals surface area (Å²) in [5.41, 5.74) is 2.56. The van der Waals surface area contributed by atoms with E-state index in [0.717, 1.165) is 11.3 Å². The Balaban J connectivity index is 1.75. The van der Waals surface area contributed by atoms with E-state index in [4.69, 9.17) is 0 Å². The summed E-state index contributed by atoms with van der Waals surface area (Å²) < 4.78 is 1.74. The Morgan fingerprint density at radius 3 is 2.65 bits per heavy atom. The standard InChI is InChI=1S/C19H18N4O3/c1-14-8-9-16(10-18(14)23(25)26)19(24)21(2)12-15-11-20-22(13-15)17-6-4-3-5-7-17/h3-11,13H,12H2,1-2H3. The molecule has 2 aromatic carbocycles. The lowest BCUT2D eigenvalue weighted by molar-refractivity contribution is -0.385. The quantitative estimate of drug-likeness (QED) is 0.522. The number of nitrogens with zero attached hydrogens (tertiary/aromatic N) is 4. The van der Waals surface area contributed by atoms with Gasteiger partial charge in [0.05, 0.1) is 16.8 Å². The number of aromatic nitrogens is 2. The zero-order valence-corrected chi connectivity index (χ0v) is 14.5. The van der Waals surface area contributed by atoms with E-state index in [1.54, 1.807) is 37.0 Å². The van der Waals surface area contributed by atoms with Crippen LogP contribution in [0.1, 0.15) is 21.5 Å². The lowest BCUT2D eigenvalue weighted by atomic mass is 10.1. The molecule has 0 aliphatic heterocycles. The molecule has 0 unspecified atom stereocenters. The van der Waals surface area contributed by atoms with Crippen molar-refractivity contribution < 1.29 is 9.72 Å². The van der Waals surface area contributed by atoms with Crippen LogP contribution in [0.4, 0.5) is 5.69 Å². The second-order valence-corrected chi connectivity index (χ2v) is 6.05. The van der Waals surface area contributed by atoms with Gasteiger partial charge in [-0.3, -0.25) is 14.9 Å². The highest BCUT2D eigenvalue weighted by Gasteiger charge is 2.18. The number of nitro groups is 1. The fraction of sp³-hybridized carbons (Fsp3) is 0.158. The van der Waals surface area contributed by atoms with Gasteiger partial charge >= 0.3 is 0 Å². The molecule has 0 spiro atoms. The lowest BCUT2D eigenvalue weighted by Gasteiger charge is -2.16. The van der Waals surface area contributed by atoms with Crippen LogP contribution in [0.25, 0.3) is 5.69 Å². The SMILES string of the molecule is Cc1ccc(C(=O)N(C)Cc2cnn(-c3ccccc3)c2)cc1[N+](=O)[O-]. The summed E-state index contributed by atoms with van der Waals surface area (Å²) in [4.78, 5) is 24.7. The molecule has 132 valence electrons. The predicted molar refractivity (Wildman–Crippen MR) is 97.2 cm³/mol. The third-order valence-electron chi connectivity index (χ3n) is 4.08. The van der Waals surface area contributed by atoms with E-state index in [-0.39, 0.29) is 11.6 Å². The highest BCUT2D eigenvalue weighted by molar-refractivity contribution is 5.94. The summed E-state index contributed by atoms with van der Waals surface area (Å²) in [5, 5.41) is 15.4. The van der Waals surface area contributed by atoms with Gasteiger partial charge in [-0.25, -0.2) is 4.68 Å². The molecule has 7 nitrogen and oxygen atoms in total. The van der Waals surface area contributed by atoms with E-state index in [9.17, 15) is 14.9 Å². The minimum Gasteiger partial charge on any atom is -0.337 e. The minimum absolute atomic E-state index is 0.0545. The Kier molecular flexibility index (Phi) is 4.79. The molecule has 1 amide bonds. The topological polar surface area (TPSA) is 81.3 Å². The van der Waals surface area contributed by atoms with E-state index < -0.39 is 4.92 Å². The van der Waals surface area contributed by atoms with Gasteiger partial charge in [0, 0.05) is 42.5 Å². The zero-order valence-electron chi connectivity index (χ0n) is 14.5. The van der Waals surface area contributed by atoms with E-state index >= 15 is 0 Å². The largest absolute Gasteiger partial charge is 0.337 e. The Bertz CT molecular complexity index is 950. The minimum atomic E-state index is -0.476. The van der Waals surface area contributed by atoms with Crippen LogP contribution < -0.4 is 0 Å². The molecule has 0 N–H and O–H groups in total. The van der Waals surface area contributed by atoms with Crippen molar-refractivity contribution in [3.8, 4) is 5.69 Å². The summed E-state index contributed by atoms with van der Waals surface area (Å²) in [7, 11) is 1.66. The first-order chi connectivity index (χ1) is 12.5. The van der Waals surface area contributed by atoms with Gasteiger partial charge in [-0.2, -0.15) is 5.10 Å². The molecule has 3 rings (SSSR count). The van der Waals surface area contributed by atoms with Crippen LogP contribution in [0.5, 0.6) is 0 Å². The fourth-order valence-electron chi connectivity index (χ4n) is 2.67. The maximum Gasteiger partial charge on any atom is 0.273 e. The highest BCUT2D eigenvalue weighted by Crippen LogP contribution is 2.20. The van der Waals surface area contributed by atoms with Crippen LogP contribution in [-0.4, -0.2) is 32.6 Å². The van der Waals surface area contributed by atoms with Crippen LogP contribution in [0.2, 0.25) is 0 Å². The van der Waals surface area contributed by atoms with Gasteiger partial charge in [0.25, 0.3) is 11.6 Å². The number of nitro benzene ring substituents is 1. The molecule has 3 aromatic rings. The van der Waals surface area contributed by atoms with Gasteiger partial charge in [0.15, 0.2) is 0 Å². The van der Waals surface area contributed by atoms with E-state index in [1.165, 1.54) is 11.0 Å². The molecule has 0 atom stereocenters. The number of hydrogen-bond donors (Lipinski definition) is 0. The van der Waals surface area contributed by atoms with Crippen LogP contribution in [0, 0.1) is 17.0 Å². The number of benzene rings is 2. The van der Waals surface area contributed by atoms with Crippen molar-refractivity contribution in [3.63, 3.8) is 0 Å². The third kappa shape index (κ3) is 3.61. The smallest absolute Gasteiger partial charge is 0.273 e. The molecule has 26 heavy (non-hydrogen) atoms. The number of carbonyl (C=O) groups is 1. The maximum absolute atomic E-state index is 12.6. The van der Waals surface area contributed by atoms with Crippen molar-refractivity contribution in [2.24, 2.45) is 0 Å². The second-order valence-electron chi connectivity index (χ2n) is 6.05. The van der Waals surface area contributed by atoms with Crippen LogP contribution >= 0.6 is 0 Å². The van der Waals surface area contributed by atoms with Crippen molar-refractivity contribution in [1.82, 2.24) is 14.7 Å². The number of para-hydroxylation sites is 1. The van der Waals surface area contributed by atoms with Crippen LogP contribution in [0.3, 0.4) is 0 Å². The zero-order chi connectivity index (χ0) is 18.7. The summed E-state index contributed by atoms with van der Waals surface area (Å²) in [6.45, 7) is 2.00. The second kappa shape index (κ2) is 7.18. The molecular weight excluding hydrogens is 332 g/mol. The highest BCUT2D eigenvalue weighted by atomic mass is 16.6. The molecule has 7 heteroatoms. The van der Waals surface area contributed by atoms with Crippen molar-refractivity contribution >= 4 is 11.6 Å². The third-order valence-corrected chi connectivity index (χ3v) is 4.08. The summed E-state index contributed by atoms with van der Waals surface area (Å²) >= 11 is 0. The molecule has 0 fully saturated rings. The molecule has 0 saturated heterocycles. The molecule has 1 heterocycles. The summed E-state index contributed by atoms with van der Waals surface area (Å²) in [6.07, 6.45) is 3.56. The number of carbonyl (C=O) groups excluding carboxylic acids is 1. The van der Waals surface area contributed by atoms with Gasteiger partial charge in [0.2, 0.25) is 0 Å². The van der Waals surface area contributed by atoms with Crippen molar-refractivity contribution in [2.75, 3.05) is 7.05 Å². The van der Waals surface area contributed by atoms with Gasteiger partial charge in [-0.1, -0.05) is 24.3 Å². The Morgan fingerprint density at radius 2 is 1.96 bits per heavy atom. The first-order valence-corrected chi connectivity index (χ1v) is 8.05. The van der Waals surface area contributed by atoms with Crippen molar-refractivity contribution in [1.29, 1.82) is 0 Å². The van der Waals surface area contributed by atoms with E-state index in [0.29, 0.717) is 17.7 Å². The average Bonchev–Trinajstić information content (AvgIpc) is 3.10. The normalized spacial score (nSPS) is 10.5. The first-order valence-electron chi connectivity index (χ1n) is 8.05. The Hall–Kier alpha value is -3.48. The van der Waals surface area contributed by atoms with Gasteiger partial charge < -0.3 is 4.90 Å². The van der Waals surface area contributed by atoms with Crippen LogP contribution in [-0.2, 0) is 6.54 Å². The number of aryl methyl sites for hydroxylation is 1. The monoisotopic (exact) mass is 350 g/mol. The Labute approximate surface area is 150 Å². The van der Waals surface area contributed by atoms with Gasteiger partial charge in [0.1, 0.15) is 0 Å². The first kappa shape index (κ1) is 17.3. The van der Waals surface area contributed by atoms with Crippen molar-refractivity contribution in [3.05, 3.63) is 87.7 Å².